The zero-order chi connectivity index (χ0) is 8.27. The third-order valence-corrected chi connectivity index (χ3v) is 1.47. The quantitative estimate of drug-likeness (QED) is 0.458. The standard InChI is InChI=1S/C7H9N3O/c1-6-3-7(4-8-5-11)9-10(6)2/h3H,4H2,1-2H3. The lowest BCUT2D eigenvalue weighted by Gasteiger charge is -1.88. The minimum absolute atomic E-state index is 0.325. The van der Waals surface area contributed by atoms with Gasteiger partial charge in [0.2, 0.25) is 6.08 Å². The first-order chi connectivity index (χ1) is 5.24. The molecule has 0 N–H and O–H groups in total. The molecule has 1 heterocycles. The van der Waals surface area contributed by atoms with E-state index in [0.717, 1.165) is 11.4 Å². The topological polar surface area (TPSA) is 47.2 Å². The molecule has 58 valence electrons. The Bertz CT molecular complexity index is 277. The van der Waals surface area contributed by atoms with Crippen molar-refractivity contribution in [3.8, 4) is 0 Å². The highest BCUT2D eigenvalue weighted by Gasteiger charge is 1.98. The van der Waals surface area contributed by atoms with Crippen LogP contribution in [-0.4, -0.2) is 15.9 Å². The van der Waals surface area contributed by atoms with Crippen molar-refractivity contribution in [2.75, 3.05) is 0 Å². The van der Waals surface area contributed by atoms with Crippen LogP contribution in [0.15, 0.2) is 11.1 Å². The van der Waals surface area contributed by atoms with Crippen LogP contribution in [0.2, 0.25) is 0 Å². The third kappa shape index (κ3) is 1.75. The molecule has 0 amide bonds. The van der Waals surface area contributed by atoms with Crippen LogP contribution in [0.4, 0.5) is 0 Å². The van der Waals surface area contributed by atoms with E-state index in [4.69, 9.17) is 0 Å². The Hall–Kier alpha value is -1.41. The number of hydrogen-bond donors (Lipinski definition) is 0. The number of nitrogens with zero attached hydrogens (tertiary/aromatic N) is 3. The van der Waals surface area contributed by atoms with Gasteiger partial charge in [-0.05, 0) is 13.0 Å². The lowest BCUT2D eigenvalue weighted by Crippen LogP contribution is -1.93. The number of carbonyl (C=O) groups excluding carboxylic acids is 1. The van der Waals surface area contributed by atoms with Crippen LogP contribution in [-0.2, 0) is 18.4 Å². The van der Waals surface area contributed by atoms with Crippen molar-refractivity contribution in [2.45, 2.75) is 13.5 Å². The zero-order valence-corrected chi connectivity index (χ0v) is 6.53. The second-order valence-corrected chi connectivity index (χ2v) is 2.31. The second-order valence-electron chi connectivity index (χ2n) is 2.31. The first kappa shape index (κ1) is 7.69. The summed E-state index contributed by atoms with van der Waals surface area (Å²) in [6, 6.07) is 1.89. The molecule has 0 saturated heterocycles. The highest BCUT2D eigenvalue weighted by molar-refractivity contribution is 5.33. The molecule has 1 aromatic rings. The SMILES string of the molecule is Cc1cc(CN=C=O)nn1C. The Morgan fingerprint density at radius 3 is 3.00 bits per heavy atom. The molecule has 0 aliphatic rings. The lowest BCUT2D eigenvalue weighted by atomic mass is 10.4. The number of rotatable bonds is 2. The van der Waals surface area contributed by atoms with E-state index < -0.39 is 0 Å². The van der Waals surface area contributed by atoms with E-state index >= 15 is 0 Å². The Kier molecular flexibility index (Phi) is 2.18. The normalized spacial score (nSPS) is 9.27. The summed E-state index contributed by atoms with van der Waals surface area (Å²) in [6.07, 6.45) is 1.47. The Labute approximate surface area is 64.6 Å². The van der Waals surface area contributed by atoms with Gasteiger partial charge in [-0.2, -0.15) is 10.1 Å². The molecular weight excluding hydrogens is 142 g/mol. The molecule has 0 atom stereocenters. The van der Waals surface area contributed by atoms with Gasteiger partial charge >= 0.3 is 0 Å². The summed E-state index contributed by atoms with van der Waals surface area (Å²) in [7, 11) is 1.85. The van der Waals surface area contributed by atoms with Gasteiger partial charge in [0.25, 0.3) is 0 Å². The van der Waals surface area contributed by atoms with Crippen LogP contribution < -0.4 is 0 Å². The van der Waals surface area contributed by atoms with Gasteiger partial charge in [0.15, 0.2) is 0 Å². The lowest BCUT2D eigenvalue weighted by molar-refractivity contribution is 0.562. The molecule has 4 nitrogen and oxygen atoms in total. The Morgan fingerprint density at radius 1 is 1.82 bits per heavy atom. The number of aliphatic imine (C=N–C) groups is 1. The van der Waals surface area contributed by atoms with Crippen molar-refractivity contribution in [2.24, 2.45) is 12.0 Å². The molecule has 0 aliphatic heterocycles. The zero-order valence-electron chi connectivity index (χ0n) is 6.53. The van der Waals surface area contributed by atoms with E-state index in [1.54, 1.807) is 4.68 Å². The van der Waals surface area contributed by atoms with Gasteiger partial charge in [0, 0.05) is 12.7 Å². The van der Waals surface area contributed by atoms with Crippen molar-refractivity contribution in [1.82, 2.24) is 9.78 Å². The molecule has 0 unspecified atom stereocenters. The molecule has 0 spiro atoms. The van der Waals surface area contributed by atoms with Crippen LogP contribution in [0, 0.1) is 6.92 Å². The Balaban J connectivity index is 2.80. The van der Waals surface area contributed by atoms with Crippen molar-refractivity contribution in [3.05, 3.63) is 17.5 Å². The van der Waals surface area contributed by atoms with Crippen molar-refractivity contribution >= 4 is 6.08 Å². The van der Waals surface area contributed by atoms with Gasteiger partial charge in [-0.1, -0.05) is 0 Å². The van der Waals surface area contributed by atoms with Crippen molar-refractivity contribution < 1.29 is 4.79 Å². The van der Waals surface area contributed by atoms with Crippen LogP contribution >= 0.6 is 0 Å². The summed E-state index contributed by atoms with van der Waals surface area (Å²) in [5.74, 6) is 0. The smallest absolute Gasteiger partial charge is 0.235 e. The average molecular weight is 151 g/mol. The molecular formula is C7H9N3O. The number of hydrogen-bond acceptors (Lipinski definition) is 3. The summed E-state index contributed by atoms with van der Waals surface area (Å²) in [4.78, 5) is 13.2. The first-order valence-corrected chi connectivity index (χ1v) is 3.27. The molecule has 0 bridgehead atoms. The third-order valence-electron chi connectivity index (χ3n) is 1.47. The number of aromatic nitrogens is 2. The van der Waals surface area contributed by atoms with Gasteiger partial charge in [0.05, 0.1) is 12.2 Å². The summed E-state index contributed by atoms with van der Waals surface area (Å²) in [5.41, 5.74) is 1.86. The summed E-state index contributed by atoms with van der Waals surface area (Å²) >= 11 is 0. The van der Waals surface area contributed by atoms with E-state index in [1.807, 2.05) is 20.0 Å². The molecule has 0 radical (unpaired) electrons. The molecule has 0 aromatic carbocycles. The molecule has 4 heteroatoms. The van der Waals surface area contributed by atoms with E-state index in [-0.39, 0.29) is 0 Å². The first-order valence-electron chi connectivity index (χ1n) is 3.27. The number of aryl methyl sites for hydroxylation is 2. The molecule has 1 rings (SSSR count). The fraction of sp³-hybridized carbons (Fsp3) is 0.429. The minimum atomic E-state index is 0.325. The van der Waals surface area contributed by atoms with Crippen molar-refractivity contribution in [3.63, 3.8) is 0 Å². The molecule has 0 saturated carbocycles. The van der Waals surface area contributed by atoms with E-state index in [1.165, 1.54) is 6.08 Å². The molecule has 1 aromatic heterocycles. The van der Waals surface area contributed by atoms with Gasteiger partial charge in [0.1, 0.15) is 0 Å². The highest BCUT2D eigenvalue weighted by Crippen LogP contribution is 2.01. The average Bonchev–Trinajstić information content (AvgIpc) is 2.28. The maximum Gasteiger partial charge on any atom is 0.235 e. The summed E-state index contributed by atoms with van der Waals surface area (Å²) in [6.45, 7) is 2.27. The van der Waals surface area contributed by atoms with E-state index in [9.17, 15) is 4.79 Å². The van der Waals surface area contributed by atoms with Gasteiger partial charge < -0.3 is 0 Å². The monoisotopic (exact) mass is 151 g/mol. The predicted molar refractivity (Wildman–Crippen MR) is 39.8 cm³/mol. The fourth-order valence-electron chi connectivity index (χ4n) is 0.825. The predicted octanol–water partition coefficient (Wildman–Crippen LogP) is 0.564. The summed E-state index contributed by atoms with van der Waals surface area (Å²) < 4.78 is 1.75. The van der Waals surface area contributed by atoms with Crippen LogP contribution in [0.5, 0.6) is 0 Å². The second kappa shape index (κ2) is 3.12. The Morgan fingerprint density at radius 2 is 2.55 bits per heavy atom. The minimum Gasteiger partial charge on any atom is -0.273 e. The summed E-state index contributed by atoms with van der Waals surface area (Å²) in [5, 5.41) is 4.09. The van der Waals surface area contributed by atoms with Gasteiger partial charge in [-0.3, -0.25) is 4.68 Å². The van der Waals surface area contributed by atoms with E-state index in [0.29, 0.717) is 6.54 Å². The molecule has 11 heavy (non-hydrogen) atoms. The number of isocyanates is 1. The van der Waals surface area contributed by atoms with E-state index in [2.05, 4.69) is 10.1 Å². The molecule has 0 aliphatic carbocycles. The highest BCUT2D eigenvalue weighted by atomic mass is 16.1. The van der Waals surface area contributed by atoms with Crippen molar-refractivity contribution in [1.29, 1.82) is 0 Å². The van der Waals surface area contributed by atoms with Crippen LogP contribution in [0.3, 0.4) is 0 Å². The maximum atomic E-state index is 9.74. The van der Waals surface area contributed by atoms with Crippen LogP contribution in [0.25, 0.3) is 0 Å². The van der Waals surface area contributed by atoms with Gasteiger partial charge in [-0.15, -0.1) is 0 Å². The van der Waals surface area contributed by atoms with Gasteiger partial charge in [-0.25, -0.2) is 4.79 Å². The maximum absolute atomic E-state index is 9.74. The van der Waals surface area contributed by atoms with Crippen LogP contribution in [0.1, 0.15) is 11.4 Å². The molecule has 0 fully saturated rings. The fourth-order valence-corrected chi connectivity index (χ4v) is 0.825. The largest absolute Gasteiger partial charge is 0.273 e.